The molecule has 3 heterocycles. The summed E-state index contributed by atoms with van der Waals surface area (Å²) in [5.74, 6) is -1.72. The standard InChI is InChI=1S/C20H20BF3N2O3S.C13H18O3/c1-19(2)20(3,4)29-21(28-19)12-8-6-11(7-9-12)15-13(22)10-14-17(16(15)23)25-18(27-5)26(14)30-24;14-13(11-6-2-1-3-7-11)16-10-12-8-4-5-9-15-12/h6-10H,1-5H3;1-3,6-7,12-14H,4-5,8-10H2. The lowest BCUT2D eigenvalue weighted by Gasteiger charge is -2.32. The smallest absolute Gasteiger partial charge is 0.467 e. The molecule has 2 atom stereocenters. The van der Waals surface area contributed by atoms with Crippen LogP contribution in [0.1, 0.15) is 58.8 Å². The van der Waals surface area contributed by atoms with E-state index >= 15 is 4.39 Å². The lowest BCUT2D eigenvalue weighted by molar-refractivity contribution is -0.140. The largest absolute Gasteiger partial charge is 0.494 e. The predicted octanol–water partition coefficient (Wildman–Crippen LogP) is 6.93. The van der Waals surface area contributed by atoms with Gasteiger partial charge >= 0.3 is 13.1 Å². The quantitative estimate of drug-likeness (QED) is 0.161. The van der Waals surface area contributed by atoms with Crippen molar-refractivity contribution in [2.75, 3.05) is 20.3 Å². The molecule has 6 rings (SSSR count). The normalized spacial score (nSPS) is 19.5. The Hall–Kier alpha value is -3.07. The van der Waals surface area contributed by atoms with Gasteiger partial charge in [0.2, 0.25) is 0 Å². The Bertz CT molecular complexity index is 1600. The first-order valence-corrected chi connectivity index (χ1v) is 15.8. The van der Waals surface area contributed by atoms with Crippen molar-refractivity contribution in [1.82, 2.24) is 8.96 Å². The van der Waals surface area contributed by atoms with Gasteiger partial charge in [0.05, 0.1) is 42.1 Å². The number of fused-ring (bicyclic) bond motifs is 1. The van der Waals surface area contributed by atoms with Gasteiger partial charge in [0.1, 0.15) is 11.3 Å². The van der Waals surface area contributed by atoms with Gasteiger partial charge in [-0.15, -0.1) is 3.89 Å². The van der Waals surface area contributed by atoms with E-state index in [1.54, 1.807) is 24.3 Å². The maximum Gasteiger partial charge on any atom is 0.494 e. The number of hydrogen-bond donors (Lipinski definition) is 1. The monoisotopic (exact) mass is 658 g/mol. The molecule has 46 heavy (non-hydrogen) atoms. The molecule has 2 fully saturated rings. The van der Waals surface area contributed by atoms with Crippen LogP contribution in [-0.4, -0.2) is 58.8 Å². The number of aliphatic hydroxyl groups is 1. The van der Waals surface area contributed by atoms with Crippen molar-refractivity contribution >= 4 is 35.9 Å². The fraction of sp³-hybridized carbons (Fsp3) is 0.424. The van der Waals surface area contributed by atoms with E-state index in [9.17, 15) is 13.4 Å². The number of rotatable bonds is 8. The number of hydrogen-bond acceptors (Lipinski definition) is 8. The van der Waals surface area contributed by atoms with Crippen molar-refractivity contribution in [2.24, 2.45) is 0 Å². The van der Waals surface area contributed by atoms with Crippen molar-refractivity contribution in [2.45, 2.75) is 70.6 Å². The topological polar surface area (TPSA) is 84.2 Å². The number of methoxy groups -OCH3 is 1. The van der Waals surface area contributed by atoms with Crippen LogP contribution >= 0.6 is 12.3 Å². The number of ether oxygens (including phenoxy) is 3. The summed E-state index contributed by atoms with van der Waals surface area (Å²) in [5.41, 5.74) is 0.373. The summed E-state index contributed by atoms with van der Waals surface area (Å²) in [6.45, 7) is 9.08. The molecule has 8 nitrogen and oxygen atoms in total. The minimum atomic E-state index is -0.889. The minimum absolute atomic E-state index is 0.0491. The SMILES string of the molecule is COc1nc2c(F)c(-c3ccc(B4OC(C)(C)C(C)(C)O4)cc3)c(F)cc2n1SF.OC(OCC1CCCCO1)c1ccccc1. The van der Waals surface area contributed by atoms with Crippen LogP contribution < -0.4 is 10.2 Å². The Morgan fingerprint density at radius 3 is 2.30 bits per heavy atom. The third-order valence-corrected chi connectivity index (χ3v) is 9.04. The molecular formula is C33H38BF3N2O6S. The number of nitrogens with zero attached hydrogens (tertiary/aromatic N) is 2. The van der Waals surface area contributed by atoms with Crippen LogP contribution in [0, 0.1) is 11.6 Å². The molecule has 1 aromatic heterocycles. The maximum atomic E-state index is 15.1. The molecule has 13 heteroatoms. The lowest BCUT2D eigenvalue weighted by Crippen LogP contribution is -2.41. The highest BCUT2D eigenvalue weighted by Crippen LogP contribution is 2.38. The lowest BCUT2D eigenvalue weighted by atomic mass is 9.78. The molecule has 0 amide bonds. The van der Waals surface area contributed by atoms with Crippen molar-refractivity contribution in [1.29, 1.82) is 0 Å². The second-order valence-electron chi connectivity index (χ2n) is 12.2. The van der Waals surface area contributed by atoms with Gasteiger partial charge < -0.3 is 28.6 Å². The molecule has 1 N–H and O–H groups in total. The number of benzene rings is 3. The minimum Gasteiger partial charge on any atom is -0.467 e. The molecule has 2 aliphatic rings. The summed E-state index contributed by atoms with van der Waals surface area (Å²) >= 11 is -0.241. The van der Waals surface area contributed by atoms with E-state index in [4.69, 9.17) is 23.5 Å². The number of halogens is 3. The van der Waals surface area contributed by atoms with Gasteiger partial charge in [-0.05, 0) is 58.0 Å². The molecule has 0 saturated carbocycles. The van der Waals surface area contributed by atoms with Gasteiger partial charge in [-0.2, -0.15) is 4.98 Å². The molecule has 3 aromatic carbocycles. The van der Waals surface area contributed by atoms with Gasteiger partial charge in [0, 0.05) is 18.2 Å². The van der Waals surface area contributed by atoms with Gasteiger partial charge in [0.25, 0.3) is 0 Å². The molecule has 0 spiro atoms. The molecule has 2 aliphatic heterocycles. The summed E-state index contributed by atoms with van der Waals surface area (Å²) in [7, 11) is 0.695. The van der Waals surface area contributed by atoms with E-state index in [1.807, 2.05) is 58.0 Å². The summed E-state index contributed by atoms with van der Waals surface area (Å²) in [4.78, 5) is 3.94. The summed E-state index contributed by atoms with van der Waals surface area (Å²) in [6.07, 6.45) is 2.66. The zero-order valence-corrected chi connectivity index (χ0v) is 27.3. The maximum absolute atomic E-state index is 15.1. The van der Waals surface area contributed by atoms with Crippen LogP contribution in [-0.2, 0) is 18.8 Å². The Morgan fingerprint density at radius 1 is 1.04 bits per heavy atom. The van der Waals surface area contributed by atoms with Crippen molar-refractivity contribution in [3.63, 3.8) is 0 Å². The molecule has 0 aliphatic carbocycles. The third-order valence-electron chi connectivity index (χ3n) is 8.55. The van der Waals surface area contributed by atoms with Crippen molar-refractivity contribution < 1.29 is 41.3 Å². The highest BCUT2D eigenvalue weighted by atomic mass is 32.2. The van der Waals surface area contributed by atoms with Crippen LogP contribution in [0.5, 0.6) is 6.01 Å². The molecular weight excluding hydrogens is 620 g/mol. The van der Waals surface area contributed by atoms with E-state index in [0.717, 1.165) is 40.5 Å². The predicted molar refractivity (Wildman–Crippen MR) is 172 cm³/mol. The van der Waals surface area contributed by atoms with Crippen LogP contribution in [0.4, 0.5) is 12.7 Å². The Labute approximate surface area is 271 Å². The van der Waals surface area contributed by atoms with E-state index in [0.29, 0.717) is 12.2 Å². The first kappa shape index (κ1) is 34.3. The van der Waals surface area contributed by atoms with Gasteiger partial charge in [-0.1, -0.05) is 54.6 Å². The molecule has 0 bridgehead atoms. The van der Waals surface area contributed by atoms with Crippen LogP contribution in [0.3, 0.4) is 0 Å². The molecule has 4 aromatic rings. The Morgan fingerprint density at radius 2 is 1.72 bits per heavy atom. The third kappa shape index (κ3) is 7.24. The first-order valence-electron chi connectivity index (χ1n) is 15.1. The fourth-order valence-corrected chi connectivity index (χ4v) is 5.59. The Kier molecular flexibility index (Phi) is 10.7. The van der Waals surface area contributed by atoms with Crippen molar-refractivity contribution in [3.8, 4) is 17.1 Å². The second kappa shape index (κ2) is 14.4. The van der Waals surface area contributed by atoms with Gasteiger partial charge in [-0.3, -0.25) is 0 Å². The first-order chi connectivity index (χ1) is 22.0. The van der Waals surface area contributed by atoms with Crippen LogP contribution in [0.15, 0.2) is 60.7 Å². The molecule has 2 unspecified atom stereocenters. The number of imidazole rings is 1. The highest BCUT2D eigenvalue weighted by Gasteiger charge is 2.51. The zero-order valence-electron chi connectivity index (χ0n) is 26.5. The zero-order chi connectivity index (χ0) is 33.1. The number of aliphatic hydroxyl groups excluding tert-OH is 1. The van der Waals surface area contributed by atoms with Gasteiger partial charge in [-0.25, -0.2) is 12.8 Å². The van der Waals surface area contributed by atoms with E-state index in [1.165, 1.54) is 13.5 Å². The van der Waals surface area contributed by atoms with E-state index in [-0.39, 0.29) is 41.0 Å². The van der Waals surface area contributed by atoms with E-state index < -0.39 is 36.2 Å². The number of aromatic nitrogens is 2. The fourth-order valence-electron chi connectivity index (χ4n) is 5.20. The summed E-state index contributed by atoms with van der Waals surface area (Å²) < 4.78 is 71.9. The van der Waals surface area contributed by atoms with Crippen LogP contribution in [0.25, 0.3) is 22.2 Å². The summed E-state index contributed by atoms with van der Waals surface area (Å²) in [5, 5.41) is 9.77. The Balaban J connectivity index is 0.000000219. The molecule has 246 valence electrons. The van der Waals surface area contributed by atoms with Crippen LogP contribution in [0.2, 0.25) is 0 Å². The molecule has 0 radical (unpaired) electrons. The van der Waals surface area contributed by atoms with Gasteiger partial charge in [0.15, 0.2) is 24.4 Å². The average Bonchev–Trinajstić information content (AvgIpc) is 3.53. The molecule has 2 saturated heterocycles. The average molecular weight is 659 g/mol. The highest BCUT2D eigenvalue weighted by molar-refractivity contribution is 7.93. The second-order valence-corrected chi connectivity index (χ2v) is 12.7. The van der Waals surface area contributed by atoms with E-state index in [2.05, 4.69) is 4.98 Å². The van der Waals surface area contributed by atoms with Crippen molar-refractivity contribution in [3.05, 3.63) is 77.9 Å². The summed E-state index contributed by atoms with van der Waals surface area (Å²) in [6, 6.07) is 16.9.